The van der Waals surface area contributed by atoms with Crippen LogP contribution in [0.1, 0.15) is 27.2 Å². The van der Waals surface area contributed by atoms with Gasteiger partial charge in [0, 0.05) is 12.6 Å². The summed E-state index contributed by atoms with van der Waals surface area (Å²) in [6, 6.07) is 18.1. The summed E-state index contributed by atoms with van der Waals surface area (Å²) in [5.41, 5.74) is 2.99. The molecule has 138 valence electrons. The van der Waals surface area contributed by atoms with Crippen LogP contribution < -0.4 is 15.6 Å². The molecule has 0 aliphatic carbocycles. The van der Waals surface area contributed by atoms with Gasteiger partial charge in [-0.3, -0.25) is 9.59 Å². The number of rotatable bonds is 6. The molecule has 1 aromatic heterocycles. The SMILES string of the molecule is COc1ccc(CNC(=O)c2ccc(=O)n(Cc3ccc(C)cc3)n2)cc1. The molecule has 0 aliphatic heterocycles. The number of aryl methyl sites for hydroxylation is 1. The van der Waals surface area contributed by atoms with Crippen LogP contribution >= 0.6 is 0 Å². The first-order chi connectivity index (χ1) is 13.0. The van der Waals surface area contributed by atoms with Crippen LogP contribution in [0.5, 0.6) is 5.75 Å². The lowest BCUT2D eigenvalue weighted by atomic mass is 10.1. The first kappa shape index (κ1) is 18.4. The smallest absolute Gasteiger partial charge is 0.271 e. The largest absolute Gasteiger partial charge is 0.497 e. The summed E-state index contributed by atoms with van der Waals surface area (Å²) in [6.45, 7) is 2.68. The second-order valence-corrected chi connectivity index (χ2v) is 6.23. The van der Waals surface area contributed by atoms with E-state index < -0.39 is 0 Å². The molecule has 1 heterocycles. The number of benzene rings is 2. The van der Waals surface area contributed by atoms with Gasteiger partial charge in [0.25, 0.3) is 11.5 Å². The lowest BCUT2D eigenvalue weighted by Crippen LogP contribution is -2.29. The molecule has 0 unspecified atom stereocenters. The van der Waals surface area contributed by atoms with E-state index in [-0.39, 0.29) is 17.2 Å². The molecule has 6 heteroatoms. The number of hydrogen-bond donors (Lipinski definition) is 1. The third-order valence-corrected chi connectivity index (χ3v) is 4.16. The van der Waals surface area contributed by atoms with Gasteiger partial charge in [0.1, 0.15) is 11.4 Å². The molecule has 0 radical (unpaired) electrons. The van der Waals surface area contributed by atoms with Gasteiger partial charge in [0.05, 0.1) is 13.7 Å². The topological polar surface area (TPSA) is 73.2 Å². The van der Waals surface area contributed by atoms with Crippen LogP contribution in [-0.2, 0) is 13.1 Å². The minimum absolute atomic E-state index is 0.204. The average Bonchev–Trinajstić information content (AvgIpc) is 2.70. The van der Waals surface area contributed by atoms with E-state index in [0.717, 1.165) is 22.4 Å². The second-order valence-electron chi connectivity index (χ2n) is 6.23. The molecule has 0 atom stereocenters. The molecule has 3 aromatic rings. The third kappa shape index (κ3) is 4.82. The Bertz CT molecular complexity index is 977. The Balaban J connectivity index is 1.69. The molecule has 1 amide bonds. The molecule has 0 bridgehead atoms. The van der Waals surface area contributed by atoms with Crippen molar-refractivity contribution in [2.45, 2.75) is 20.0 Å². The molecule has 6 nitrogen and oxygen atoms in total. The van der Waals surface area contributed by atoms with Crippen molar-refractivity contribution < 1.29 is 9.53 Å². The third-order valence-electron chi connectivity index (χ3n) is 4.16. The summed E-state index contributed by atoms with van der Waals surface area (Å²) in [6.07, 6.45) is 0. The fourth-order valence-corrected chi connectivity index (χ4v) is 2.57. The Morgan fingerprint density at radius 1 is 1.00 bits per heavy atom. The van der Waals surface area contributed by atoms with Crippen molar-refractivity contribution in [2.24, 2.45) is 0 Å². The van der Waals surface area contributed by atoms with Gasteiger partial charge in [-0.1, -0.05) is 42.0 Å². The lowest BCUT2D eigenvalue weighted by molar-refractivity contribution is 0.0943. The van der Waals surface area contributed by atoms with Crippen LogP contribution in [0, 0.1) is 6.92 Å². The van der Waals surface area contributed by atoms with E-state index in [4.69, 9.17) is 4.74 Å². The predicted molar refractivity (Wildman–Crippen MR) is 103 cm³/mol. The van der Waals surface area contributed by atoms with Crippen molar-refractivity contribution >= 4 is 5.91 Å². The van der Waals surface area contributed by atoms with Crippen molar-refractivity contribution in [1.82, 2.24) is 15.1 Å². The van der Waals surface area contributed by atoms with Crippen LogP contribution in [0.2, 0.25) is 0 Å². The number of amides is 1. The fraction of sp³-hybridized carbons (Fsp3) is 0.190. The number of hydrogen-bond acceptors (Lipinski definition) is 4. The fourth-order valence-electron chi connectivity index (χ4n) is 2.57. The van der Waals surface area contributed by atoms with E-state index in [2.05, 4.69) is 10.4 Å². The average molecular weight is 363 g/mol. The summed E-state index contributed by atoms with van der Waals surface area (Å²) in [7, 11) is 1.61. The van der Waals surface area contributed by atoms with Gasteiger partial charge in [0.15, 0.2) is 0 Å². The maximum absolute atomic E-state index is 12.4. The maximum Gasteiger partial charge on any atom is 0.271 e. The Morgan fingerprint density at radius 2 is 1.67 bits per heavy atom. The summed E-state index contributed by atoms with van der Waals surface area (Å²) in [4.78, 5) is 24.4. The quantitative estimate of drug-likeness (QED) is 0.730. The number of aromatic nitrogens is 2. The lowest BCUT2D eigenvalue weighted by Gasteiger charge is -2.09. The van der Waals surface area contributed by atoms with Gasteiger partial charge >= 0.3 is 0 Å². The van der Waals surface area contributed by atoms with E-state index in [1.807, 2.05) is 55.5 Å². The van der Waals surface area contributed by atoms with E-state index in [1.54, 1.807) is 7.11 Å². The van der Waals surface area contributed by atoms with Crippen molar-refractivity contribution in [1.29, 1.82) is 0 Å². The predicted octanol–water partition coefficient (Wildman–Crippen LogP) is 2.54. The number of nitrogens with zero attached hydrogens (tertiary/aromatic N) is 2. The zero-order valence-electron chi connectivity index (χ0n) is 15.3. The molecule has 2 aromatic carbocycles. The first-order valence-electron chi connectivity index (χ1n) is 8.60. The monoisotopic (exact) mass is 363 g/mol. The van der Waals surface area contributed by atoms with Crippen LogP contribution in [0.25, 0.3) is 0 Å². The van der Waals surface area contributed by atoms with Gasteiger partial charge in [0.2, 0.25) is 0 Å². The summed E-state index contributed by atoms with van der Waals surface area (Å²) >= 11 is 0. The highest BCUT2D eigenvalue weighted by Gasteiger charge is 2.10. The maximum atomic E-state index is 12.4. The molecule has 27 heavy (non-hydrogen) atoms. The van der Waals surface area contributed by atoms with Crippen molar-refractivity contribution in [3.05, 3.63) is 93.4 Å². The Hall–Kier alpha value is -3.41. The number of ether oxygens (including phenoxy) is 1. The zero-order valence-corrected chi connectivity index (χ0v) is 15.3. The van der Waals surface area contributed by atoms with Gasteiger partial charge < -0.3 is 10.1 Å². The summed E-state index contributed by atoms with van der Waals surface area (Å²) in [5.74, 6) is 0.429. The molecule has 1 N–H and O–H groups in total. The standard InChI is InChI=1S/C21H21N3O3/c1-15-3-5-17(6-4-15)14-24-20(25)12-11-19(23-24)21(26)22-13-16-7-9-18(27-2)10-8-16/h3-12H,13-14H2,1-2H3,(H,22,26). The van der Waals surface area contributed by atoms with Gasteiger partial charge in [-0.25, -0.2) is 4.68 Å². The minimum atomic E-state index is -0.330. The van der Waals surface area contributed by atoms with Crippen LogP contribution in [0.4, 0.5) is 0 Å². The molecule has 3 rings (SSSR count). The molecular weight excluding hydrogens is 342 g/mol. The van der Waals surface area contributed by atoms with Crippen molar-refractivity contribution in [3.63, 3.8) is 0 Å². The number of carbonyl (C=O) groups excluding carboxylic acids is 1. The van der Waals surface area contributed by atoms with E-state index in [9.17, 15) is 9.59 Å². The number of methoxy groups -OCH3 is 1. The van der Waals surface area contributed by atoms with Crippen molar-refractivity contribution in [3.8, 4) is 5.75 Å². The Kier molecular flexibility index (Phi) is 5.66. The molecule has 0 saturated carbocycles. The second kappa shape index (κ2) is 8.31. The van der Waals surface area contributed by atoms with Crippen LogP contribution in [0.3, 0.4) is 0 Å². The number of carbonyl (C=O) groups is 1. The molecule has 0 saturated heterocycles. The van der Waals surface area contributed by atoms with E-state index in [0.29, 0.717) is 13.1 Å². The van der Waals surface area contributed by atoms with Crippen LogP contribution in [-0.4, -0.2) is 22.8 Å². The highest BCUT2D eigenvalue weighted by atomic mass is 16.5. The van der Waals surface area contributed by atoms with Crippen LogP contribution in [0.15, 0.2) is 65.5 Å². The van der Waals surface area contributed by atoms with Crippen molar-refractivity contribution in [2.75, 3.05) is 7.11 Å². The van der Waals surface area contributed by atoms with E-state index >= 15 is 0 Å². The van der Waals surface area contributed by atoms with E-state index in [1.165, 1.54) is 16.8 Å². The highest BCUT2D eigenvalue weighted by Crippen LogP contribution is 2.11. The molecular formula is C21H21N3O3. The minimum Gasteiger partial charge on any atom is -0.497 e. The van der Waals surface area contributed by atoms with Gasteiger partial charge in [-0.05, 0) is 36.2 Å². The normalized spacial score (nSPS) is 10.4. The van der Waals surface area contributed by atoms with Gasteiger partial charge in [-0.2, -0.15) is 5.10 Å². The molecule has 0 aliphatic rings. The Morgan fingerprint density at radius 3 is 2.33 bits per heavy atom. The Labute approximate surface area is 157 Å². The summed E-state index contributed by atoms with van der Waals surface area (Å²) < 4.78 is 6.41. The number of nitrogens with one attached hydrogen (secondary N) is 1. The molecule has 0 fully saturated rings. The van der Waals surface area contributed by atoms with Gasteiger partial charge in [-0.15, -0.1) is 0 Å². The summed E-state index contributed by atoms with van der Waals surface area (Å²) in [5, 5.41) is 7.01. The highest BCUT2D eigenvalue weighted by molar-refractivity contribution is 5.91. The zero-order chi connectivity index (χ0) is 19.2. The molecule has 0 spiro atoms. The first-order valence-corrected chi connectivity index (χ1v) is 8.60.